The fourth-order valence-corrected chi connectivity index (χ4v) is 2.15. The molecule has 1 aromatic carbocycles. The highest BCUT2D eigenvalue weighted by molar-refractivity contribution is 5.25. The maximum Gasteiger partial charge on any atom is 0.123 e. The van der Waals surface area contributed by atoms with Crippen molar-refractivity contribution in [3.05, 3.63) is 35.1 Å². The zero-order valence-corrected chi connectivity index (χ0v) is 9.58. The minimum atomic E-state index is -0.191. The molecule has 1 fully saturated rings. The maximum absolute atomic E-state index is 12.9. The van der Waals surface area contributed by atoms with Crippen molar-refractivity contribution in [3.63, 3.8) is 0 Å². The van der Waals surface area contributed by atoms with Crippen molar-refractivity contribution >= 4 is 0 Å². The number of hydrogen-bond donors (Lipinski definition) is 1. The molecular formula is C13H18FNO. The molecule has 2 unspecified atom stereocenters. The summed E-state index contributed by atoms with van der Waals surface area (Å²) < 4.78 is 18.7. The minimum Gasteiger partial charge on any atom is -0.373 e. The van der Waals surface area contributed by atoms with Crippen LogP contribution in [0.4, 0.5) is 4.39 Å². The van der Waals surface area contributed by atoms with E-state index in [1.807, 2.05) is 6.92 Å². The van der Waals surface area contributed by atoms with E-state index in [-0.39, 0.29) is 11.9 Å². The van der Waals surface area contributed by atoms with E-state index in [0.717, 1.165) is 30.4 Å². The first kappa shape index (κ1) is 11.6. The first-order valence-electron chi connectivity index (χ1n) is 5.77. The predicted octanol–water partition coefficient (Wildman–Crippen LogP) is 2.53. The lowest BCUT2D eigenvalue weighted by molar-refractivity contribution is 0.0445. The summed E-state index contributed by atoms with van der Waals surface area (Å²) in [7, 11) is 0. The van der Waals surface area contributed by atoms with Gasteiger partial charge in [0.1, 0.15) is 5.82 Å². The van der Waals surface area contributed by atoms with E-state index in [1.54, 1.807) is 12.1 Å². The number of ether oxygens (including phenoxy) is 1. The molecule has 0 heterocycles. The van der Waals surface area contributed by atoms with Gasteiger partial charge in [-0.2, -0.15) is 0 Å². The van der Waals surface area contributed by atoms with E-state index in [4.69, 9.17) is 10.5 Å². The summed E-state index contributed by atoms with van der Waals surface area (Å²) in [6, 6.07) is 5.10. The van der Waals surface area contributed by atoms with Crippen molar-refractivity contribution in [2.45, 2.75) is 44.9 Å². The van der Waals surface area contributed by atoms with Gasteiger partial charge < -0.3 is 10.5 Å². The quantitative estimate of drug-likeness (QED) is 0.854. The van der Waals surface area contributed by atoms with E-state index >= 15 is 0 Å². The highest BCUT2D eigenvalue weighted by Crippen LogP contribution is 2.22. The summed E-state index contributed by atoms with van der Waals surface area (Å²) in [5.74, 6) is -0.191. The fraction of sp³-hybridized carbons (Fsp3) is 0.538. The van der Waals surface area contributed by atoms with Gasteiger partial charge in [0, 0.05) is 6.04 Å². The van der Waals surface area contributed by atoms with Crippen LogP contribution in [0, 0.1) is 12.7 Å². The van der Waals surface area contributed by atoms with Gasteiger partial charge in [0.05, 0.1) is 12.7 Å². The summed E-state index contributed by atoms with van der Waals surface area (Å²) in [6.45, 7) is 2.46. The zero-order valence-electron chi connectivity index (χ0n) is 9.58. The van der Waals surface area contributed by atoms with Crippen LogP contribution in [0.2, 0.25) is 0 Å². The molecule has 88 valence electrons. The van der Waals surface area contributed by atoms with Crippen LogP contribution in [0.3, 0.4) is 0 Å². The lowest BCUT2D eigenvalue weighted by Gasteiger charge is -2.13. The van der Waals surface area contributed by atoms with Crippen molar-refractivity contribution < 1.29 is 9.13 Å². The first-order chi connectivity index (χ1) is 7.65. The van der Waals surface area contributed by atoms with Crippen LogP contribution < -0.4 is 5.73 Å². The molecule has 1 aliphatic carbocycles. The van der Waals surface area contributed by atoms with Gasteiger partial charge >= 0.3 is 0 Å². The maximum atomic E-state index is 12.9. The first-order valence-corrected chi connectivity index (χ1v) is 5.77. The number of benzene rings is 1. The molecule has 2 nitrogen and oxygen atoms in total. The van der Waals surface area contributed by atoms with Crippen LogP contribution in [0.25, 0.3) is 0 Å². The Morgan fingerprint density at radius 2 is 2.25 bits per heavy atom. The van der Waals surface area contributed by atoms with Crippen molar-refractivity contribution in [1.82, 2.24) is 0 Å². The highest BCUT2D eigenvalue weighted by atomic mass is 19.1. The SMILES string of the molecule is Cc1cc(F)ccc1COC1CCC(N)C1. The Balaban J connectivity index is 1.89. The standard InChI is InChI=1S/C13H18FNO/c1-9-6-11(14)3-2-10(9)8-16-13-5-4-12(15)7-13/h2-3,6,12-13H,4-5,7-8,15H2,1H3. The Morgan fingerprint density at radius 1 is 1.44 bits per heavy atom. The van der Waals surface area contributed by atoms with Crippen LogP contribution in [0.15, 0.2) is 18.2 Å². The van der Waals surface area contributed by atoms with E-state index in [0.29, 0.717) is 12.6 Å². The molecule has 1 aromatic rings. The van der Waals surface area contributed by atoms with Crippen LogP contribution in [0.5, 0.6) is 0 Å². The number of halogens is 1. The molecule has 2 N–H and O–H groups in total. The largest absolute Gasteiger partial charge is 0.373 e. The molecule has 2 atom stereocenters. The number of hydrogen-bond acceptors (Lipinski definition) is 2. The van der Waals surface area contributed by atoms with Crippen molar-refractivity contribution in [3.8, 4) is 0 Å². The summed E-state index contributed by atoms with van der Waals surface area (Å²) in [5, 5.41) is 0. The van der Waals surface area contributed by atoms with Gasteiger partial charge in [-0.05, 0) is 49.4 Å². The Hall–Kier alpha value is -0.930. The summed E-state index contributed by atoms with van der Waals surface area (Å²) >= 11 is 0. The third-order valence-electron chi connectivity index (χ3n) is 3.20. The van der Waals surface area contributed by atoms with Crippen LogP contribution >= 0.6 is 0 Å². The van der Waals surface area contributed by atoms with E-state index in [2.05, 4.69) is 0 Å². The normalized spacial score (nSPS) is 24.9. The molecule has 16 heavy (non-hydrogen) atoms. The zero-order chi connectivity index (χ0) is 11.5. The Morgan fingerprint density at radius 3 is 2.88 bits per heavy atom. The minimum absolute atomic E-state index is 0.191. The highest BCUT2D eigenvalue weighted by Gasteiger charge is 2.22. The van der Waals surface area contributed by atoms with E-state index in [1.165, 1.54) is 6.07 Å². The van der Waals surface area contributed by atoms with Crippen molar-refractivity contribution in [2.24, 2.45) is 5.73 Å². The molecule has 3 heteroatoms. The summed E-state index contributed by atoms with van der Waals surface area (Å²) in [4.78, 5) is 0. The third kappa shape index (κ3) is 2.80. The second kappa shape index (κ2) is 4.93. The average molecular weight is 223 g/mol. The molecule has 0 aromatic heterocycles. The Kier molecular flexibility index (Phi) is 3.56. The van der Waals surface area contributed by atoms with E-state index < -0.39 is 0 Å². The number of rotatable bonds is 3. The average Bonchev–Trinajstić information content (AvgIpc) is 2.63. The van der Waals surface area contributed by atoms with Gasteiger partial charge in [-0.3, -0.25) is 0 Å². The fourth-order valence-electron chi connectivity index (χ4n) is 2.15. The van der Waals surface area contributed by atoms with Gasteiger partial charge in [-0.25, -0.2) is 4.39 Å². The lowest BCUT2D eigenvalue weighted by Crippen LogP contribution is -2.17. The van der Waals surface area contributed by atoms with Crippen LogP contribution in [0.1, 0.15) is 30.4 Å². The topological polar surface area (TPSA) is 35.2 Å². The molecule has 0 radical (unpaired) electrons. The molecule has 0 saturated heterocycles. The molecule has 2 rings (SSSR count). The van der Waals surface area contributed by atoms with Crippen molar-refractivity contribution in [1.29, 1.82) is 0 Å². The second-order valence-electron chi connectivity index (χ2n) is 4.58. The Labute approximate surface area is 95.6 Å². The van der Waals surface area contributed by atoms with Gasteiger partial charge in [0.15, 0.2) is 0 Å². The number of aryl methyl sites for hydroxylation is 1. The second-order valence-corrected chi connectivity index (χ2v) is 4.58. The van der Waals surface area contributed by atoms with Gasteiger partial charge in [-0.15, -0.1) is 0 Å². The molecule has 0 aliphatic heterocycles. The predicted molar refractivity (Wildman–Crippen MR) is 61.5 cm³/mol. The molecule has 0 bridgehead atoms. The van der Waals surface area contributed by atoms with Gasteiger partial charge in [0.25, 0.3) is 0 Å². The Bertz CT molecular complexity index is 367. The lowest BCUT2D eigenvalue weighted by atomic mass is 10.1. The molecule has 0 amide bonds. The third-order valence-corrected chi connectivity index (χ3v) is 3.20. The molecule has 1 aliphatic rings. The molecular weight excluding hydrogens is 205 g/mol. The van der Waals surface area contributed by atoms with Gasteiger partial charge in [0.2, 0.25) is 0 Å². The van der Waals surface area contributed by atoms with Gasteiger partial charge in [-0.1, -0.05) is 6.07 Å². The van der Waals surface area contributed by atoms with Crippen LogP contribution in [-0.2, 0) is 11.3 Å². The van der Waals surface area contributed by atoms with E-state index in [9.17, 15) is 4.39 Å². The summed E-state index contributed by atoms with van der Waals surface area (Å²) in [5.41, 5.74) is 7.82. The number of nitrogens with two attached hydrogens (primary N) is 1. The van der Waals surface area contributed by atoms with Crippen LogP contribution in [-0.4, -0.2) is 12.1 Å². The molecule has 1 saturated carbocycles. The monoisotopic (exact) mass is 223 g/mol. The smallest absolute Gasteiger partial charge is 0.123 e. The summed E-state index contributed by atoms with van der Waals surface area (Å²) in [6.07, 6.45) is 3.31. The molecule has 0 spiro atoms. The van der Waals surface area contributed by atoms with Crippen molar-refractivity contribution in [2.75, 3.05) is 0 Å².